The average Bonchev–Trinajstić information content (AvgIpc) is 2.61. The van der Waals surface area contributed by atoms with Crippen molar-refractivity contribution < 1.29 is 18.8 Å². The lowest BCUT2D eigenvalue weighted by Gasteiger charge is -2.21. The maximum Gasteiger partial charge on any atom is 0.224 e. The zero-order chi connectivity index (χ0) is 19.8. The number of amides is 3. The lowest BCUT2D eigenvalue weighted by atomic mass is 10.1. The van der Waals surface area contributed by atoms with E-state index in [2.05, 4.69) is 10.6 Å². The van der Waals surface area contributed by atoms with E-state index in [1.807, 2.05) is 0 Å². The third-order valence-electron chi connectivity index (χ3n) is 3.81. The molecule has 0 aliphatic rings. The maximum absolute atomic E-state index is 12.9. The molecular formula is C20H22FN3O3. The Bertz CT molecular complexity index is 804. The van der Waals surface area contributed by atoms with E-state index in [4.69, 9.17) is 0 Å². The fourth-order valence-electron chi connectivity index (χ4n) is 2.55. The third-order valence-corrected chi connectivity index (χ3v) is 3.81. The van der Waals surface area contributed by atoms with Crippen molar-refractivity contribution in [3.63, 3.8) is 0 Å². The van der Waals surface area contributed by atoms with Crippen molar-refractivity contribution in [1.29, 1.82) is 0 Å². The predicted molar refractivity (Wildman–Crippen MR) is 102 cm³/mol. The largest absolute Gasteiger partial charge is 0.354 e. The molecule has 2 N–H and O–H groups in total. The lowest BCUT2D eigenvalue weighted by Crippen LogP contribution is -2.38. The summed E-state index contributed by atoms with van der Waals surface area (Å²) in [6, 6.07) is 12.6. The van der Waals surface area contributed by atoms with Gasteiger partial charge in [0, 0.05) is 38.3 Å². The molecule has 6 nitrogen and oxygen atoms in total. The molecule has 0 saturated carbocycles. The highest BCUT2D eigenvalue weighted by Gasteiger charge is 2.12. The molecule has 2 aromatic rings. The number of hydrogen-bond donors (Lipinski definition) is 2. The van der Waals surface area contributed by atoms with Crippen LogP contribution in [0.15, 0.2) is 48.5 Å². The molecule has 0 bridgehead atoms. The van der Waals surface area contributed by atoms with E-state index in [9.17, 15) is 18.8 Å². The number of hydrogen-bond acceptors (Lipinski definition) is 3. The molecule has 2 rings (SSSR count). The lowest BCUT2D eigenvalue weighted by molar-refractivity contribution is -0.121. The van der Waals surface area contributed by atoms with Crippen LogP contribution in [0.4, 0.5) is 15.8 Å². The molecule has 0 atom stereocenters. The SMILES string of the molecule is CC(=O)Nc1ccc(N(CCNC(=O)Cc2ccc(F)cc2)C(C)=O)cc1. The predicted octanol–water partition coefficient (Wildman–Crippen LogP) is 2.50. The van der Waals surface area contributed by atoms with Gasteiger partial charge in [-0.1, -0.05) is 12.1 Å². The zero-order valence-corrected chi connectivity index (χ0v) is 15.3. The Morgan fingerprint density at radius 2 is 1.59 bits per heavy atom. The summed E-state index contributed by atoms with van der Waals surface area (Å²) in [6.45, 7) is 3.46. The smallest absolute Gasteiger partial charge is 0.224 e. The quantitative estimate of drug-likeness (QED) is 0.785. The van der Waals surface area contributed by atoms with E-state index in [0.717, 1.165) is 0 Å². The normalized spacial score (nSPS) is 10.2. The van der Waals surface area contributed by atoms with E-state index < -0.39 is 0 Å². The van der Waals surface area contributed by atoms with Gasteiger partial charge in [-0.15, -0.1) is 0 Å². The van der Waals surface area contributed by atoms with E-state index in [1.165, 1.54) is 30.9 Å². The van der Waals surface area contributed by atoms with E-state index in [-0.39, 0.29) is 36.5 Å². The molecule has 0 radical (unpaired) electrons. The third kappa shape index (κ3) is 6.54. The molecule has 0 unspecified atom stereocenters. The van der Waals surface area contributed by atoms with Crippen molar-refractivity contribution in [3.05, 3.63) is 59.9 Å². The Hall–Kier alpha value is -3.22. The summed E-state index contributed by atoms with van der Waals surface area (Å²) < 4.78 is 12.9. The summed E-state index contributed by atoms with van der Waals surface area (Å²) in [6.07, 6.45) is 0.145. The average molecular weight is 371 g/mol. The summed E-state index contributed by atoms with van der Waals surface area (Å²) in [5.74, 6) is -0.878. The van der Waals surface area contributed by atoms with Crippen LogP contribution in [0.5, 0.6) is 0 Å². The van der Waals surface area contributed by atoms with Crippen molar-refractivity contribution in [2.24, 2.45) is 0 Å². The molecule has 142 valence electrons. The number of carbonyl (C=O) groups is 3. The van der Waals surface area contributed by atoms with Crippen molar-refractivity contribution >= 4 is 29.1 Å². The van der Waals surface area contributed by atoms with Gasteiger partial charge in [0.2, 0.25) is 17.7 Å². The van der Waals surface area contributed by atoms with Crippen LogP contribution in [0.2, 0.25) is 0 Å². The molecule has 0 spiro atoms. The molecule has 0 fully saturated rings. The molecule has 0 aromatic heterocycles. The van der Waals surface area contributed by atoms with Crippen LogP contribution in [0.25, 0.3) is 0 Å². The Kier molecular flexibility index (Phi) is 7.05. The van der Waals surface area contributed by atoms with Gasteiger partial charge in [-0.05, 0) is 42.0 Å². The minimum atomic E-state index is -0.347. The van der Waals surface area contributed by atoms with Gasteiger partial charge >= 0.3 is 0 Å². The molecule has 0 saturated heterocycles. The van der Waals surface area contributed by atoms with Crippen LogP contribution >= 0.6 is 0 Å². The van der Waals surface area contributed by atoms with Gasteiger partial charge < -0.3 is 15.5 Å². The highest BCUT2D eigenvalue weighted by atomic mass is 19.1. The number of halogens is 1. The van der Waals surface area contributed by atoms with Crippen LogP contribution in [0.1, 0.15) is 19.4 Å². The van der Waals surface area contributed by atoms with Crippen molar-refractivity contribution in [2.75, 3.05) is 23.3 Å². The number of rotatable bonds is 7. The first-order valence-electron chi connectivity index (χ1n) is 8.52. The second-order valence-corrected chi connectivity index (χ2v) is 6.05. The van der Waals surface area contributed by atoms with Gasteiger partial charge in [-0.25, -0.2) is 4.39 Å². The van der Waals surface area contributed by atoms with E-state index in [0.29, 0.717) is 23.5 Å². The Balaban J connectivity index is 1.88. The number of nitrogens with one attached hydrogen (secondary N) is 2. The summed E-state index contributed by atoms with van der Waals surface area (Å²) in [5, 5.41) is 5.42. The van der Waals surface area contributed by atoms with Crippen LogP contribution in [-0.4, -0.2) is 30.8 Å². The monoisotopic (exact) mass is 371 g/mol. The second kappa shape index (κ2) is 9.47. The summed E-state index contributed by atoms with van der Waals surface area (Å²) in [7, 11) is 0. The number of carbonyl (C=O) groups excluding carboxylic acids is 3. The minimum Gasteiger partial charge on any atom is -0.354 e. The van der Waals surface area contributed by atoms with Gasteiger partial charge in [0.05, 0.1) is 6.42 Å². The molecule has 0 aliphatic carbocycles. The maximum atomic E-state index is 12.9. The Morgan fingerprint density at radius 1 is 0.963 bits per heavy atom. The molecule has 7 heteroatoms. The van der Waals surface area contributed by atoms with Gasteiger partial charge in [-0.3, -0.25) is 14.4 Å². The number of anilines is 2. The first kappa shape index (κ1) is 20.1. The highest BCUT2D eigenvalue weighted by Crippen LogP contribution is 2.18. The molecule has 0 aliphatic heterocycles. The molecule has 27 heavy (non-hydrogen) atoms. The van der Waals surface area contributed by atoms with Crippen LogP contribution in [0.3, 0.4) is 0 Å². The second-order valence-electron chi connectivity index (χ2n) is 6.05. The number of nitrogens with zero attached hydrogens (tertiary/aromatic N) is 1. The minimum absolute atomic E-state index is 0.145. The fraction of sp³-hybridized carbons (Fsp3) is 0.250. The van der Waals surface area contributed by atoms with Gasteiger partial charge in [0.1, 0.15) is 5.82 Å². The Labute approximate surface area is 157 Å². The number of benzene rings is 2. The van der Waals surface area contributed by atoms with Crippen LogP contribution < -0.4 is 15.5 Å². The molecule has 2 aromatic carbocycles. The first-order valence-corrected chi connectivity index (χ1v) is 8.52. The van der Waals surface area contributed by atoms with Crippen molar-refractivity contribution in [3.8, 4) is 0 Å². The summed E-state index contributed by atoms with van der Waals surface area (Å²) in [4.78, 5) is 36.5. The van der Waals surface area contributed by atoms with Gasteiger partial charge in [0.15, 0.2) is 0 Å². The molecule has 3 amide bonds. The van der Waals surface area contributed by atoms with Crippen LogP contribution in [-0.2, 0) is 20.8 Å². The molecule has 0 heterocycles. The summed E-state index contributed by atoms with van der Waals surface area (Å²) >= 11 is 0. The molecular weight excluding hydrogens is 349 g/mol. The summed E-state index contributed by atoms with van der Waals surface area (Å²) in [5.41, 5.74) is 2.03. The zero-order valence-electron chi connectivity index (χ0n) is 15.3. The van der Waals surface area contributed by atoms with Crippen molar-refractivity contribution in [1.82, 2.24) is 5.32 Å². The highest BCUT2D eigenvalue weighted by molar-refractivity contribution is 5.93. The van der Waals surface area contributed by atoms with Gasteiger partial charge in [-0.2, -0.15) is 0 Å². The van der Waals surface area contributed by atoms with E-state index >= 15 is 0 Å². The van der Waals surface area contributed by atoms with E-state index in [1.54, 1.807) is 36.4 Å². The van der Waals surface area contributed by atoms with Crippen LogP contribution in [0, 0.1) is 5.82 Å². The fourth-order valence-corrected chi connectivity index (χ4v) is 2.55. The standard InChI is InChI=1S/C20H22FN3O3/c1-14(25)23-18-7-9-19(10-8-18)24(15(2)26)12-11-22-20(27)13-16-3-5-17(21)6-4-16/h3-10H,11-13H2,1-2H3,(H,22,27)(H,23,25). The van der Waals surface area contributed by atoms with Gasteiger partial charge in [0.25, 0.3) is 0 Å². The topological polar surface area (TPSA) is 78.5 Å². The Morgan fingerprint density at radius 3 is 2.15 bits per heavy atom. The van der Waals surface area contributed by atoms with Crippen molar-refractivity contribution in [2.45, 2.75) is 20.3 Å². The first-order chi connectivity index (χ1) is 12.8.